The molecule has 0 saturated carbocycles. The molecule has 0 aliphatic carbocycles. The van der Waals surface area contributed by atoms with Crippen molar-refractivity contribution in [3.63, 3.8) is 0 Å². The molecule has 0 radical (unpaired) electrons. The molecule has 5 heteroatoms. The van der Waals surface area contributed by atoms with Crippen LogP contribution in [0.15, 0.2) is 24.3 Å². The minimum absolute atomic E-state index is 0.227. The zero-order chi connectivity index (χ0) is 15.7. The predicted molar refractivity (Wildman–Crippen MR) is 78.6 cm³/mol. The van der Waals surface area contributed by atoms with Gasteiger partial charge in [0.15, 0.2) is 0 Å². The van der Waals surface area contributed by atoms with Crippen molar-refractivity contribution >= 4 is 12.3 Å². The lowest BCUT2D eigenvalue weighted by Crippen LogP contribution is -2.24. The van der Waals surface area contributed by atoms with Crippen LogP contribution in [-0.2, 0) is 14.3 Å². The average molecular weight is 294 g/mol. The lowest BCUT2D eigenvalue weighted by Gasteiger charge is -2.19. The molecule has 0 N–H and O–H groups in total. The van der Waals surface area contributed by atoms with Gasteiger partial charge < -0.3 is 14.2 Å². The maximum atomic E-state index is 11.4. The Labute approximate surface area is 125 Å². The monoisotopic (exact) mass is 294 g/mol. The second-order valence-electron chi connectivity index (χ2n) is 5.48. The minimum atomic E-state index is -0.464. The molecule has 0 aliphatic rings. The predicted octanol–water partition coefficient (Wildman–Crippen LogP) is 2.63. The van der Waals surface area contributed by atoms with Gasteiger partial charge in [-0.2, -0.15) is 0 Å². The van der Waals surface area contributed by atoms with Gasteiger partial charge in [0.25, 0.3) is 0 Å². The summed E-state index contributed by atoms with van der Waals surface area (Å²) in [6, 6.07) is 6.83. The van der Waals surface area contributed by atoms with Gasteiger partial charge in [-0.3, -0.25) is 9.59 Å². The Morgan fingerprint density at radius 1 is 1.10 bits per heavy atom. The Kier molecular flexibility index (Phi) is 6.88. The molecule has 1 aromatic carbocycles. The molecule has 0 fully saturated rings. The fourth-order valence-electron chi connectivity index (χ4n) is 1.51. The number of hydrogen-bond acceptors (Lipinski definition) is 5. The third kappa shape index (κ3) is 8.09. The highest BCUT2D eigenvalue weighted by Gasteiger charge is 2.15. The number of aldehydes is 1. The number of carbonyl (C=O) groups excluding carboxylic acids is 2. The molecule has 0 saturated heterocycles. The molecule has 116 valence electrons. The fourth-order valence-corrected chi connectivity index (χ4v) is 1.51. The van der Waals surface area contributed by atoms with Gasteiger partial charge >= 0.3 is 5.97 Å². The van der Waals surface area contributed by atoms with Crippen LogP contribution in [0, 0.1) is 0 Å². The summed E-state index contributed by atoms with van der Waals surface area (Å²) in [5, 5.41) is 0. The van der Waals surface area contributed by atoms with Crippen molar-refractivity contribution in [3.05, 3.63) is 29.8 Å². The minimum Gasteiger partial charge on any atom is -0.491 e. The molecule has 0 aliphatic heterocycles. The highest BCUT2D eigenvalue weighted by molar-refractivity contribution is 5.74. The number of carbonyl (C=O) groups is 2. The van der Waals surface area contributed by atoms with E-state index < -0.39 is 5.60 Å². The van der Waals surface area contributed by atoms with Gasteiger partial charge in [0.05, 0.1) is 19.6 Å². The molecule has 21 heavy (non-hydrogen) atoms. The number of rotatable bonds is 8. The average Bonchev–Trinajstić information content (AvgIpc) is 2.41. The van der Waals surface area contributed by atoms with Crippen LogP contribution < -0.4 is 4.74 Å². The lowest BCUT2D eigenvalue weighted by atomic mass is 10.2. The van der Waals surface area contributed by atoms with Crippen molar-refractivity contribution in [2.45, 2.75) is 32.8 Å². The Bertz CT molecular complexity index is 445. The van der Waals surface area contributed by atoms with Crippen molar-refractivity contribution in [1.82, 2.24) is 0 Å². The Morgan fingerprint density at radius 3 is 2.33 bits per heavy atom. The molecule has 0 spiro atoms. The SMILES string of the molecule is CC(C)(C)OC(=O)CCOCCOc1ccc(C=O)cc1. The van der Waals surface area contributed by atoms with E-state index in [0.717, 1.165) is 6.29 Å². The largest absolute Gasteiger partial charge is 0.491 e. The third-order valence-electron chi connectivity index (χ3n) is 2.38. The van der Waals surface area contributed by atoms with E-state index in [2.05, 4.69) is 0 Å². The number of benzene rings is 1. The Balaban J connectivity index is 2.09. The van der Waals surface area contributed by atoms with Crippen LogP contribution in [-0.4, -0.2) is 37.7 Å². The van der Waals surface area contributed by atoms with E-state index in [-0.39, 0.29) is 12.4 Å². The number of hydrogen-bond donors (Lipinski definition) is 0. The normalized spacial score (nSPS) is 11.0. The molecule has 0 aromatic heterocycles. The second kappa shape index (κ2) is 8.42. The van der Waals surface area contributed by atoms with Gasteiger partial charge in [0, 0.05) is 5.56 Å². The van der Waals surface area contributed by atoms with Crippen molar-refractivity contribution < 1.29 is 23.8 Å². The maximum Gasteiger partial charge on any atom is 0.308 e. The van der Waals surface area contributed by atoms with E-state index in [9.17, 15) is 9.59 Å². The third-order valence-corrected chi connectivity index (χ3v) is 2.38. The van der Waals surface area contributed by atoms with Crippen molar-refractivity contribution in [1.29, 1.82) is 0 Å². The summed E-state index contributed by atoms with van der Waals surface area (Å²) in [5.74, 6) is 0.407. The van der Waals surface area contributed by atoms with Gasteiger partial charge in [-0.1, -0.05) is 0 Å². The van der Waals surface area contributed by atoms with Gasteiger partial charge in [0.1, 0.15) is 24.2 Å². The van der Waals surface area contributed by atoms with Gasteiger partial charge in [-0.15, -0.1) is 0 Å². The molecule has 0 heterocycles. The summed E-state index contributed by atoms with van der Waals surface area (Å²) in [6.45, 7) is 6.57. The highest BCUT2D eigenvalue weighted by atomic mass is 16.6. The summed E-state index contributed by atoms with van der Waals surface area (Å²) in [4.78, 5) is 21.9. The maximum absolute atomic E-state index is 11.4. The molecule has 1 aromatic rings. The van der Waals surface area contributed by atoms with E-state index in [4.69, 9.17) is 14.2 Å². The Hall–Kier alpha value is -1.88. The standard InChI is InChI=1S/C16H22O5/c1-16(2,3)21-15(18)8-9-19-10-11-20-14-6-4-13(12-17)5-7-14/h4-7,12H,8-11H2,1-3H3. The highest BCUT2D eigenvalue weighted by Crippen LogP contribution is 2.11. The van der Waals surface area contributed by atoms with Crippen LogP contribution in [0.1, 0.15) is 37.6 Å². The molecule has 0 atom stereocenters. The smallest absolute Gasteiger partial charge is 0.308 e. The quantitative estimate of drug-likeness (QED) is 0.419. The van der Waals surface area contributed by atoms with E-state index in [1.165, 1.54) is 0 Å². The lowest BCUT2D eigenvalue weighted by molar-refractivity contribution is -0.156. The van der Waals surface area contributed by atoms with Crippen LogP contribution in [0.25, 0.3) is 0 Å². The van der Waals surface area contributed by atoms with Crippen molar-refractivity contribution in [2.24, 2.45) is 0 Å². The summed E-state index contributed by atoms with van der Waals surface area (Å²) >= 11 is 0. The van der Waals surface area contributed by atoms with Crippen LogP contribution in [0.4, 0.5) is 0 Å². The second-order valence-corrected chi connectivity index (χ2v) is 5.48. The van der Waals surface area contributed by atoms with Crippen molar-refractivity contribution in [2.75, 3.05) is 19.8 Å². The van der Waals surface area contributed by atoms with Crippen LogP contribution in [0.5, 0.6) is 5.75 Å². The van der Waals surface area contributed by atoms with E-state index in [1.54, 1.807) is 24.3 Å². The summed E-state index contributed by atoms with van der Waals surface area (Å²) in [5.41, 5.74) is 0.143. The zero-order valence-corrected chi connectivity index (χ0v) is 12.8. The topological polar surface area (TPSA) is 61.8 Å². The first-order chi connectivity index (χ1) is 9.90. The van der Waals surface area contributed by atoms with E-state index in [1.807, 2.05) is 20.8 Å². The number of esters is 1. The summed E-state index contributed by atoms with van der Waals surface area (Å²) < 4.78 is 15.9. The van der Waals surface area contributed by atoms with Crippen LogP contribution >= 0.6 is 0 Å². The number of ether oxygens (including phenoxy) is 3. The molecule has 0 unspecified atom stereocenters. The molecule has 0 amide bonds. The summed E-state index contributed by atoms with van der Waals surface area (Å²) in [6.07, 6.45) is 1.01. The molecule has 1 rings (SSSR count). The molecule has 5 nitrogen and oxygen atoms in total. The van der Waals surface area contributed by atoms with Crippen molar-refractivity contribution in [3.8, 4) is 5.75 Å². The first-order valence-corrected chi connectivity index (χ1v) is 6.88. The van der Waals surface area contributed by atoms with E-state index >= 15 is 0 Å². The molecular formula is C16H22O5. The molecule has 0 bridgehead atoms. The summed E-state index contributed by atoms with van der Waals surface area (Å²) in [7, 11) is 0. The van der Waals surface area contributed by atoms with E-state index in [0.29, 0.717) is 31.1 Å². The first-order valence-electron chi connectivity index (χ1n) is 6.88. The Morgan fingerprint density at radius 2 is 1.76 bits per heavy atom. The van der Waals surface area contributed by atoms with Crippen LogP contribution in [0.3, 0.4) is 0 Å². The van der Waals surface area contributed by atoms with Gasteiger partial charge in [-0.05, 0) is 45.0 Å². The van der Waals surface area contributed by atoms with Gasteiger partial charge in [0.2, 0.25) is 0 Å². The first kappa shape index (κ1) is 17.2. The molecular weight excluding hydrogens is 272 g/mol. The zero-order valence-electron chi connectivity index (χ0n) is 12.8. The van der Waals surface area contributed by atoms with Gasteiger partial charge in [-0.25, -0.2) is 0 Å². The fraction of sp³-hybridized carbons (Fsp3) is 0.500. The van der Waals surface area contributed by atoms with Crippen LogP contribution in [0.2, 0.25) is 0 Å².